The van der Waals surface area contributed by atoms with Gasteiger partial charge >= 0.3 is 0 Å². The van der Waals surface area contributed by atoms with Crippen molar-refractivity contribution >= 4 is 42.6 Å². The number of benzene rings is 3. The average Bonchev–Trinajstić information content (AvgIpc) is 3.43. The molecule has 1 fully saturated rings. The molecule has 0 atom stereocenters. The van der Waals surface area contributed by atoms with Gasteiger partial charge in [-0.15, -0.1) is 0 Å². The predicted octanol–water partition coefficient (Wildman–Crippen LogP) is 5.10. The second-order valence-corrected chi connectivity index (χ2v) is 13.4. The van der Waals surface area contributed by atoms with Crippen molar-refractivity contribution in [2.45, 2.75) is 31.7 Å². The molecule has 0 unspecified atom stereocenters. The summed E-state index contributed by atoms with van der Waals surface area (Å²) in [4.78, 5) is 23.0. The zero-order valence-electron chi connectivity index (χ0n) is 23.7. The van der Waals surface area contributed by atoms with E-state index in [4.69, 9.17) is 9.72 Å². The normalized spacial score (nSPS) is 14.5. The number of rotatable bonds is 10. The van der Waals surface area contributed by atoms with Gasteiger partial charge < -0.3 is 4.74 Å². The van der Waals surface area contributed by atoms with Crippen LogP contribution < -0.4 is 4.90 Å². The van der Waals surface area contributed by atoms with E-state index in [1.165, 1.54) is 27.8 Å². The Kier molecular flexibility index (Phi) is 9.16. The van der Waals surface area contributed by atoms with Crippen molar-refractivity contribution in [3.63, 3.8) is 0 Å². The van der Waals surface area contributed by atoms with Gasteiger partial charge in [0.15, 0.2) is 5.13 Å². The van der Waals surface area contributed by atoms with Crippen molar-refractivity contribution in [3.8, 4) is 0 Å². The van der Waals surface area contributed by atoms with Crippen molar-refractivity contribution in [1.82, 2.24) is 14.2 Å². The SMILES string of the molecule is Cc1ccc2sc(N(CCCN3CCOCC3)C(=O)c3ccc(S(=O)(=O)N(C)Cc4ccccc4)cc3)nc2c1C. The van der Waals surface area contributed by atoms with Gasteiger partial charge in [0.05, 0.1) is 28.3 Å². The maximum absolute atomic E-state index is 13.9. The second-order valence-electron chi connectivity index (χ2n) is 10.4. The highest BCUT2D eigenvalue weighted by Crippen LogP contribution is 2.33. The lowest BCUT2D eigenvalue weighted by molar-refractivity contribution is 0.0376. The molecule has 0 bridgehead atoms. The van der Waals surface area contributed by atoms with Crippen molar-refractivity contribution in [1.29, 1.82) is 0 Å². The number of thiazole rings is 1. The topological polar surface area (TPSA) is 83.0 Å². The Balaban J connectivity index is 1.37. The molecule has 0 N–H and O–H groups in total. The van der Waals surface area contributed by atoms with Gasteiger partial charge in [-0.2, -0.15) is 4.31 Å². The van der Waals surface area contributed by atoms with Crippen LogP contribution in [0.15, 0.2) is 71.6 Å². The summed E-state index contributed by atoms with van der Waals surface area (Å²) in [6.45, 7) is 8.99. The third-order valence-corrected chi connectivity index (χ3v) is 10.4. The number of fused-ring (bicyclic) bond motifs is 1. The van der Waals surface area contributed by atoms with E-state index in [1.807, 2.05) is 30.3 Å². The Hall–Kier alpha value is -3.15. The van der Waals surface area contributed by atoms with Crippen LogP contribution in [0.1, 0.15) is 33.5 Å². The fourth-order valence-electron chi connectivity index (χ4n) is 4.92. The van der Waals surface area contributed by atoms with Gasteiger partial charge in [0.2, 0.25) is 10.0 Å². The summed E-state index contributed by atoms with van der Waals surface area (Å²) in [6.07, 6.45) is 0.788. The molecule has 1 aromatic heterocycles. The number of ether oxygens (including phenoxy) is 1. The molecular formula is C31H36N4O4S2. The summed E-state index contributed by atoms with van der Waals surface area (Å²) >= 11 is 1.51. The molecule has 1 aliphatic rings. The number of carbonyl (C=O) groups is 1. The molecule has 0 saturated carbocycles. The van der Waals surface area contributed by atoms with E-state index in [2.05, 4.69) is 30.9 Å². The Morgan fingerprint density at radius 2 is 1.71 bits per heavy atom. The van der Waals surface area contributed by atoms with Crippen LogP contribution in [0.4, 0.5) is 5.13 Å². The van der Waals surface area contributed by atoms with E-state index < -0.39 is 10.0 Å². The molecule has 5 rings (SSSR count). The number of nitrogens with zero attached hydrogens (tertiary/aromatic N) is 4. The highest BCUT2D eigenvalue weighted by atomic mass is 32.2. The van der Waals surface area contributed by atoms with Crippen LogP contribution >= 0.6 is 11.3 Å². The molecule has 41 heavy (non-hydrogen) atoms. The van der Waals surface area contributed by atoms with Gasteiger partial charge in [0, 0.05) is 45.3 Å². The van der Waals surface area contributed by atoms with E-state index >= 15 is 0 Å². The van der Waals surface area contributed by atoms with E-state index in [-0.39, 0.29) is 17.3 Å². The lowest BCUT2D eigenvalue weighted by atomic mass is 10.1. The molecule has 1 aliphatic heterocycles. The van der Waals surface area contributed by atoms with Crippen LogP contribution in [-0.4, -0.2) is 75.0 Å². The Morgan fingerprint density at radius 1 is 1.00 bits per heavy atom. The van der Waals surface area contributed by atoms with E-state index in [0.717, 1.165) is 66.2 Å². The summed E-state index contributed by atoms with van der Waals surface area (Å²) in [7, 11) is -2.16. The molecular weight excluding hydrogens is 556 g/mol. The quantitative estimate of drug-likeness (QED) is 0.255. The first-order chi connectivity index (χ1) is 19.7. The van der Waals surface area contributed by atoms with Crippen molar-refractivity contribution in [3.05, 3.63) is 89.0 Å². The number of carbonyl (C=O) groups excluding carboxylic acids is 1. The van der Waals surface area contributed by atoms with Gasteiger partial charge in [-0.25, -0.2) is 13.4 Å². The highest BCUT2D eigenvalue weighted by molar-refractivity contribution is 7.89. The minimum absolute atomic E-state index is 0.150. The Labute approximate surface area is 246 Å². The number of sulfonamides is 1. The standard InChI is InChI=1S/C31H36N4O4S2/c1-23-10-15-28-29(24(23)2)32-31(40-28)35(17-7-16-34-18-20-39-21-19-34)30(36)26-11-13-27(14-12-26)41(37,38)33(3)22-25-8-5-4-6-9-25/h4-6,8-15H,7,16-22H2,1-3H3. The largest absolute Gasteiger partial charge is 0.379 e. The highest BCUT2D eigenvalue weighted by Gasteiger charge is 2.25. The molecule has 0 radical (unpaired) electrons. The monoisotopic (exact) mass is 592 g/mol. The summed E-state index contributed by atoms with van der Waals surface area (Å²) in [5, 5.41) is 0.653. The minimum Gasteiger partial charge on any atom is -0.379 e. The van der Waals surface area contributed by atoms with Gasteiger partial charge in [-0.05, 0) is 67.3 Å². The Morgan fingerprint density at radius 3 is 2.41 bits per heavy atom. The molecule has 10 heteroatoms. The van der Waals surface area contributed by atoms with Crippen LogP contribution in [0.2, 0.25) is 0 Å². The third kappa shape index (κ3) is 6.68. The van der Waals surface area contributed by atoms with Crippen LogP contribution in [0, 0.1) is 13.8 Å². The van der Waals surface area contributed by atoms with Crippen LogP contribution in [0.5, 0.6) is 0 Å². The maximum Gasteiger partial charge on any atom is 0.260 e. The zero-order chi connectivity index (χ0) is 29.0. The van der Waals surface area contributed by atoms with Crippen LogP contribution in [-0.2, 0) is 21.3 Å². The lowest BCUT2D eigenvalue weighted by Crippen LogP contribution is -2.39. The maximum atomic E-state index is 13.9. The first-order valence-electron chi connectivity index (χ1n) is 13.8. The third-order valence-electron chi connectivity index (χ3n) is 7.57. The summed E-state index contributed by atoms with van der Waals surface area (Å²) < 4.78 is 34.3. The van der Waals surface area contributed by atoms with Crippen LogP contribution in [0.3, 0.4) is 0 Å². The number of aromatic nitrogens is 1. The molecule has 0 aliphatic carbocycles. The number of morpholine rings is 1. The van der Waals surface area contributed by atoms with Gasteiger partial charge in [0.25, 0.3) is 5.91 Å². The van der Waals surface area contributed by atoms with Gasteiger partial charge in [-0.1, -0.05) is 47.7 Å². The summed E-state index contributed by atoms with van der Waals surface area (Å²) in [5.41, 5.74) is 4.51. The summed E-state index contributed by atoms with van der Waals surface area (Å²) in [6, 6.07) is 19.8. The number of amides is 1. The lowest BCUT2D eigenvalue weighted by Gasteiger charge is -2.27. The molecule has 3 aromatic carbocycles. The van der Waals surface area contributed by atoms with Gasteiger partial charge in [0.1, 0.15) is 0 Å². The fourth-order valence-corrected chi connectivity index (χ4v) is 7.13. The smallest absolute Gasteiger partial charge is 0.260 e. The zero-order valence-corrected chi connectivity index (χ0v) is 25.4. The summed E-state index contributed by atoms with van der Waals surface area (Å²) in [5.74, 6) is -0.193. The average molecular weight is 593 g/mol. The molecule has 8 nitrogen and oxygen atoms in total. The van der Waals surface area contributed by atoms with E-state index in [1.54, 1.807) is 24.1 Å². The Bertz CT molecular complexity index is 1600. The van der Waals surface area contributed by atoms with Gasteiger partial charge in [-0.3, -0.25) is 14.6 Å². The molecule has 1 saturated heterocycles. The molecule has 216 valence electrons. The molecule has 0 spiro atoms. The van der Waals surface area contributed by atoms with E-state index in [0.29, 0.717) is 17.2 Å². The fraction of sp³-hybridized carbons (Fsp3) is 0.355. The predicted molar refractivity (Wildman–Crippen MR) is 164 cm³/mol. The number of hydrogen-bond acceptors (Lipinski definition) is 7. The second kappa shape index (κ2) is 12.8. The van der Waals surface area contributed by atoms with Crippen molar-refractivity contribution < 1.29 is 17.9 Å². The van der Waals surface area contributed by atoms with Crippen LogP contribution in [0.25, 0.3) is 10.2 Å². The molecule has 2 heterocycles. The first-order valence-corrected chi connectivity index (χ1v) is 16.1. The minimum atomic E-state index is -3.72. The first kappa shape index (κ1) is 29.3. The van der Waals surface area contributed by atoms with E-state index in [9.17, 15) is 13.2 Å². The molecule has 1 amide bonds. The number of anilines is 1. The number of hydrogen-bond donors (Lipinski definition) is 0. The molecule has 4 aromatic rings. The van der Waals surface area contributed by atoms with Crippen molar-refractivity contribution in [2.75, 3.05) is 51.3 Å². The number of aryl methyl sites for hydroxylation is 2. The van der Waals surface area contributed by atoms with Crippen molar-refractivity contribution in [2.24, 2.45) is 0 Å².